The fraction of sp³-hybridized carbons (Fsp3) is 0.429. The van der Waals surface area contributed by atoms with Crippen LogP contribution in [0.15, 0.2) is 42.7 Å². The van der Waals surface area contributed by atoms with E-state index in [1.165, 1.54) is 12.1 Å². The van der Waals surface area contributed by atoms with Crippen LogP contribution < -0.4 is 20.7 Å². The first-order chi connectivity index (χ1) is 18.4. The average molecular weight is 528 g/mol. The molecule has 1 aromatic carbocycles. The van der Waals surface area contributed by atoms with Gasteiger partial charge in [0.25, 0.3) is 0 Å². The van der Waals surface area contributed by atoms with Crippen molar-refractivity contribution < 1.29 is 22.6 Å². The van der Waals surface area contributed by atoms with Crippen molar-refractivity contribution in [2.75, 3.05) is 36.5 Å². The summed E-state index contributed by atoms with van der Waals surface area (Å²) in [7, 11) is 0. The number of hydrogen-bond acceptors (Lipinski definition) is 7. The van der Waals surface area contributed by atoms with E-state index in [0.717, 1.165) is 43.0 Å². The highest BCUT2D eigenvalue weighted by molar-refractivity contribution is 5.69. The lowest BCUT2D eigenvalue weighted by Gasteiger charge is -2.37. The van der Waals surface area contributed by atoms with E-state index in [2.05, 4.69) is 27.1 Å². The molecule has 2 unspecified atom stereocenters. The van der Waals surface area contributed by atoms with Crippen molar-refractivity contribution in [3.8, 4) is 17.0 Å². The Morgan fingerprint density at radius 3 is 2.58 bits per heavy atom. The van der Waals surface area contributed by atoms with Gasteiger partial charge < -0.3 is 25.4 Å². The SMILES string of the molecule is CC1CC(N)CN(c2ccncc2NCc2ccc(F)c(-c3c(F)cc(OC4CCOCC4)cc3F)n2)C1. The number of aromatic nitrogens is 2. The first kappa shape index (κ1) is 26.2. The largest absolute Gasteiger partial charge is 0.490 e. The fourth-order valence-corrected chi connectivity index (χ4v) is 5.17. The molecule has 0 saturated carbocycles. The number of piperidine rings is 1. The van der Waals surface area contributed by atoms with Gasteiger partial charge in [-0.2, -0.15) is 0 Å². The minimum atomic E-state index is -0.936. The minimum absolute atomic E-state index is 0.0599. The third kappa shape index (κ3) is 6.02. The number of nitrogens with zero attached hydrogens (tertiary/aromatic N) is 3. The summed E-state index contributed by atoms with van der Waals surface area (Å²) in [6.45, 7) is 5.05. The average Bonchev–Trinajstić information content (AvgIpc) is 2.89. The van der Waals surface area contributed by atoms with Gasteiger partial charge in [-0.15, -0.1) is 0 Å². The van der Waals surface area contributed by atoms with Crippen molar-refractivity contribution in [2.45, 2.75) is 44.9 Å². The Morgan fingerprint density at radius 1 is 1.08 bits per heavy atom. The summed E-state index contributed by atoms with van der Waals surface area (Å²) in [5.41, 5.74) is 7.47. The molecule has 3 N–H and O–H groups in total. The summed E-state index contributed by atoms with van der Waals surface area (Å²) < 4.78 is 55.8. The molecule has 0 spiro atoms. The van der Waals surface area contributed by atoms with Crippen LogP contribution in [-0.4, -0.2) is 48.4 Å². The third-order valence-corrected chi connectivity index (χ3v) is 6.92. The molecule has 2 fully saturated rings. The predicted molar refractivity (Wildman–Crippen MR) is 140 cm³/mol. The van der Waals surface area contributed by atoms with Crippen molar-refractivity contribution in [2.24, 2.45) is 11.7 Å². The van der Waals surface area contributed by atoms with Crippen molar-refractivity contribution in [3.63, 3.8) is 0 Å². The molecule has 2 aromatic heterocycles. The van der Waals surface area contributed by atoms with E-state index >= 15 is 8.78 Å². The molecule has 4 heterocycles. The lowest BCUT2D eigenvalue weighted by atomic mass is 9.96. The standard InChI is InChI=1S/C28H32F3N5O2/c1-17-10-18(32)16-36(15-17)26-4-7-33-14-25(26)34-13-19-2-3-22(29)28(35-19)27-23(30)11-21(12-24(27)31)38-20-5-8-37-9-6-20/h2-4,7,11-12,14,17-18,20,34H,5-6,8-10,13,15-16,32H2,1H3. The molecule has 0 radical (unpaired) electrons. The molecular formula is C28H32F3N5O2. The molecule has 0 aliphatic carbocycles. The van der Waals surface area contributed by atoms with Crippen LogP contribution in [-0.2, 0) is 11.3 Å². The van der Waals surface area contributed by atoms with Crippen LogP contribution >= 0.6 is 0 Å². The van der Waals surface area contributed by atoms with Gasteiger partial charge in [0.2, 0.25) is 0 Å². The summed E-state index contributed by atoms with van der Waals surface area (Å²) in [6.07, 6.45) is 5.50. The number of halogens is 3. The van der Waals surface area contributed by atoms with Crippen LogP contribution in [0.2, 0.25) is 0 Å². The number of nitrogens with one attached hydrogen (secondary N) is 1. The molecular weight excluding hydrogens is 495 g/mol. The number of benzene rings is 1. The van der Waals surface area contributed by atoms with Gasteiger partial charge in [0.15, 0.2) is 0 Å². The van der Waals surface area contributed by atoms with Gasteiger partial charge >= 0.3 is 0 Å². The van der Waals surface area contributed by atoms with Gasteiger partial charge in [-0.1, -0.05) is 6.92 Å². The predicted octanol–water partition coefficient (Wildman–Crippen LogP) is 4.90. The smallest absolute Gasteiger partial charge is 0.149 e. The molecule has 2 aliphatic rings. The molecule has 2 atom stereocenters. The van der Waals surface area contributed by atoms with E-state index in [-0.39, 0.29) is 30.1 Å². The Balaban J connectivity index is 1.34. The van der Waals surface area contributed by atoms with Crippen LogP contribution in [0.25, 0.3) is 11.3 Å². The summed E-state index contributed by atoms with van der Waals surface area (Å²) in [4.78, 5) is 10.7. The summed E-state index contributed by atoms with van der Waals surface area (Å²) >= 11 is 0. The molecule has 2 aliphatic heterocycles. The van der Waals surface area contributed by atoms with Crippen LogP contribution in [0, 0.1) is 23.4 Å². The van der Waals surface area contributed by atoms with E-state index < -0.39 is 23.0 Å². The molecule has 0 bridgehead atoms. The van der Waals surface area contributed by atoms with Crippen molar-refractivity contribution >= 4 is 11.4 Å². The second kappa shape index (κ2) is 11.6. The van der Waals surface area contributed by atoms with E-state index in [4.69, 9.17) is 15.2 Å². The van der Waals surface area contributed by atoms with E-state index in [9.17, 15) is 4.39 Å². The molecule has 5 rings (SSSR count). The number of hydrogen-bond donors (Lipinski definition) is 2. The monoisotopic (exact) mass is 527 g/mol. The molecule has 10 heteroatoms. The van der Waals surface area contributed by atoms with Gasteiger partial charge in [-0.05, 0) is 30.5 Å². The van der Waals surface area contributed by atoms with E-state index in [0.29, 0.717) is 37.7 Å². The number of pyridine rings is 2. The van der Waals surface area contributed by atoms with Crippen molar-refractivity contribution in [1.82, 2.24) is 9.97 Å². The van der Waals surface area contributed by atoms with Crippen LogP contribution in [0.5, 0.6) is 5.75 Å². The molecule has 3 aromatic rings. The van der Waals surface area contributed by atoms with Gasteiger partial charge in [-0.25, -0.2) is 18.2 Å². The zero-order valence-electron chi connectivity index (χ0n) is 21.3. The molecule has 7 nitrogen and oxygen atoms in total. The Bertz CT molecular complexity index is 1240. The quantitative estimate of drug-likeness (QED) is 0.452. The maximum Gasteiger partial charge on any atom is 0.149 e. The van der Waals surface area contributed by atoms with Crippen LogP contribution in [0.4, 0.5) is 24.5 Å². The second-order valence-electron chi connectivity index (χ2n) is 10.1. The highest BCUT2D eigenvalue weighted by atomic mass is 19.1. The lowest BCUT2D eigenvalue weighted by molar-refractivity contribution is 0.0253. The van der Waals surface area contributed by atoms with Gasteiger partial charge in [0.05, 0.1) is 48.6 Å². The zero-order chi connectivity index (χ0) is 26.6. The van der Waals surface area contributed by atoms with Gasteiger partial charge in [-0.3, -0.25) is 4.98 Å². The minimum Gasteiger partial charge on any atom is -0.490 e. The maximum atomic E-state index is 15.0. The molecule has 2 saturated heterocycles. The Labute approximate surface area is 220 Å². The highest BCUT2D eigenvalue weighted by Crippen LogP contribution is 2.32. The number of anilines is 2. The first-order valence-corrected chi connectivity index (χ1v) is 12.9. The molecule has 0 amide bonds. The number of rotatable bonds is 7. The van der Waals surface area contributed by atoms with E-state index in [1.807, 2.05) is 6.07 Å². The molecule has 202 valence electrons. The van der Waals surface area contributed by atoms with Gasteiger partial charge in [0.1, 0.15) is 35.0 Å². The third-order valence-electron chi connectivity index (χ3n) is 6.92. The van der Waals surface area contributed by atoms with E-state index in [1.54, 1.807) is 12.4 Å². The van der Waals surface area contributed by atoms with Gasteiger partial charge in [0, 0.05) is 50.3 Å². The Kier molecular flexibility index (Phi) is 7.99. The Hall–Kier alpha value is -3.37. The summed E-state index contributed by atoms with van der Waals surface area (Å²) in [5.74, 6) is -2.17. The van der Waals surface area contributed by atoms with Crippen LogP contribution in [0.1, 0.15) is 31.9 Å². The van der Waals surface area contributed by atoms with Crippen LogP contribution in [0.3, 0.4) is 0 Å². The number of nitrogens with two attached hydrogens (primary N) is 1. The lowest BCUT2D eigenvalue weighted by Crippen LogP contribution is -2.46. The normalized spacial score (nSPS) is 20.4. The summed E-state index contributed by atoms with van der Waals surface area (Å²) in [6, 6.07) is 6.81. The van der Waals surface area contributed by atoms with Crippen molar-refractivity contribution in [1.29, 1.82) is 0 Å². The first-order valence-electron chi connectivity index (χ1n) is 12.9. The second-order valence-corrected chi connectivity index (χ2v) is 10.1. The Morgan fingerprint density at radius 2 is 1.84 bits per heavy atom. The fourth-order valence-electron chi connectivity index (χ4n) is 5.17. The number of ether oxygens (including phenoxy) is 2. The topological polar surface area (TPSA) is 85.5 Å². The van der Waals surface area contributed by atoms with Crippen molar-refractivity contribution in [3.05, 3.63) is 65.9 Å². The zero-order valence-corrected chi connectivity index (χ0v) is 21.3. The highest BCUT2D eigenvalue weighted by Gasteiger charge is 2.25. The summed E-state index contributed by atoms with van der Waals surface area (Å²) in [5, 5.41) is 3.29. The molecule has 38 heavy (non-hydrogen) atoms. The maximum absolute atomic E-state index is 15.0.